The first-order valence-corrected chi connectivity index (χ1v) is 10.8. The Bertz CT molecular complexity index is 930. The summed E-state index contributed by atoms with van der Waals surface area (Å²) < 4.78 is 12.1. The van der Waals surface area contributed by atoms with E-state index in [-0.39, 0.29) is 42.6 Å². The maximum Gasteiger partial charge on any atom is 0.251 e. The fraction of sp³-hybridized carbons (Fsp3) is 0.417. The van der Waals surface area contributed by atoms with Gasteiger partial charge in [0.25, 0.3) is 11.8 Å². The van der Waals surface area contributed by atoms with Crippen molar-refractivity contribution < 1.29 is 24.2 Å². The van der Waals surface area contributed by atoms with E-state index in [0.29, 0.717) is 22.6 Å². The third-order valence-corrected chi connectivity index (χ3v) is 5.82. The predicted octanol–water partition coefficient (Wildman–Crippen LogP) is 2.37. The van der Waals surface area contributed by atoms with Gasteiger partial charge in [0.15, 0.2) is 0 Å². The SMILES string of the molecule is CCC1C[C@H](N)[C@@H](c2cccc(Oc3cc(C(=O)NC)cc(C(=O)NC)c3)c2)O[C@@H]1CO. The third kappa shape index (κ3) is 5.27. The third-order valence-electron chi connectivity index (χ3n) is 5.82. The average molecular weight is 442 g/mol. The van der Waals surface area contributed by atoms with Gasteiger partial charge in [-0.25, -0.2) is 0 Å². The fourth-order valence-electron chi connectivity index (χ4n) is 4.07. The minimum absolute atomic E-state index is 0.0491. The highest BCUT2D eigenvalue weighted by atomic mass is 16.5. The molecule has 1 heterocycles. The number of carbonyl (C=O) groups excluding carboxylic acids is 2. The van der Waals surface area contributed by atoms with Gasteiger partial charge in [0.05, 0.1) is 18.8 Å². The van der Waals surface area contributed by atoms with Crippen LogP contribution in [0.25, 0.3) is 0 Å². The van der Waals surface area contributed by atoms with Gasteiger partial charge >= 0.3 is 0 Å². The van der Waals surface area contributed by atoms with Crippen LogP contribution in [-0.2, 0) is 4.74 Å². The summed E-state index contributed by atoms with van der Waals surface area (Å²) in [4.78, 5) is 24.3. The van der Waals surface area contributed by atoms with Gasteiger partial charge in [-0.15, -0.1) is 0 Å². The van der Waals surface area contributed by atoms with Crippen molar-refractivity contribution in [2.24, 2.45) is 11.7 Å². The molecule has 0 saturated carbocycles. The molecule has 0 radical (unpaired) electrons. The first-order chi connectivity index (χ1) is 15.4. The molecule has 0 spiro atoms. The fourth-order valence-corrected chi connectivity index (χ4v) is 4.07. The Kier molecular flexibility index (Phi) is 7.84. The molecule has 1 aliphatic heterocycles. The summed E-state index contributed by atoms with van der Waals surface area (Å²) in [6.07, 6.45) is 1.04. The molecular formula is C24H31N3O5. The molecule has 1 saturated heterocycles. The second-order valence-electron chi connectivity index (χ2n) is 7.92. The van der Waals surface area contributed by atoms with Crippen LogP contribution in [0, 0.1) is 5.92 Å². The number of aliphatic hydroxyl groups excluding tert-OH is 1. The van der Waals surface area contributed by atoms with Crippen molar-refractivity contribution in [3.63, 3.8) is 0 Å². The standard InChI is InChI=1S/C24H31N3O5/c1-4-14-12-20(25)22(32-21(14)13-28)15-6-5-7-18(9-15)31-19-10-16(23(29)26-2)8-17(11-19)24(30)27-3/h5-11,14,20-22,28H,4,12-13,25H2,1-3H3,(H,26,29)(H,27,30)/t14?,20-,21+,22+/m0/s1. The van der Waals surface area contributed by atoms with Crippen molar-refractivity contribution in [2.45, 2.75) is 38.0 Å². The number of rotatable bonds is 7. The molecule has 8 heteroatoms. The highest BCUT2D eigenvalue weighted by molar-refractivity contribution is 6.00. The van der Waals surface area contributed by atoms with E-state index < -0.39 is 0 Å². The van der Waals surface area contributed by atoms with Crippen LogP contribution in [0.5, 0.6) is 11.5 Å². The van der Waals surface area contributed by atoms with E-state index in [2.05, 4.69) is 17.6 Å². The molecule has 1 unspecified atom stereocenters. The molecule has 0 aromatic heterocycles. The molecule has 1 fully saturated rings. The first kappa shape index (κ1) is 23.7. The topological polar surface area (TPSA) is 123 Å². The monoisotopic (exact) mass is 441 g/mol. The summed E-state index contributed by atoms with van der Waals surface area (Å²) in [5, 5.41) is 14.8. The molecule has 0 bridgehead atoms. The lowest BCUT2D eigenvalue weighted by atomic mass is 9.85. The number of aliphatic hydroxyl groups is 1. The van der Waals surface area contributed by atoms with Crippen molar-refractivity contribution in [2.75, 3.05) is 20.7 Å². The summed E-state index contributed by atoms with van der Waals surface area (Å²) in [6.45, 7) is 2.02. The molecular weight excluding hydrogens is 410 g/mol. The van der Waals surface area contributed by atoms with Crippen molar-refractivity contribution in [3.05, 3.63) is 59.2 Å². The highest BCUT2D eigenvalue weighted by Gasteiger charge is 2.36. The summed E-state index contributed by atoms with van der Waals surface area (Å²) in [5.41, 5.74) is 7.87. The van der Waals surface area contributed by atoms with Crippen molar-refractivity contribution in [3.8, 4) is 11.5 Å². The molecule has 172 valence electrons. The van der Waals surface area contributed by atoms with Gasteiger partial charge in [0, 0.05) is 31.3 Å². The van der Waals surface area contributed by atoms with E-state index in [4.69, 9.17) is 15.2 Å². The average Bonchev–Trinajstić information content (AvgIpc) is 2.82. The lowest BCUT2D eigenvalue weighted by molar-refractivity contribution is -0.115. The molecule has 8 nitrogen and oxygen atoms in total. The number of hydrogen-bond acceptors (Lipinski definition) is 6. The number of nitrogens with one attached hydrogen (secondary N) is 2. The van der Waals surface area contributed by atoms with Gasteiger partial charge in [0.1, 0.15) is 11.5 Å². The van der Waals surface area contributed by atoms with Crippen LogP contribution < -0.4 is 21.1 Å². The van der Waals surface area contributed by atoms with Crippen molar-refractivity contribution in [1.29, 1.82) is 0 Å². The second kappa shape index (κ2) is 10.6. The zero-order valence-corrected chi connectivity index (χ0v) is 18.6. The normalized spacial score (nSPS) is 22.8. The van der Waals surface area contributed by atoms with Crippen LogP contribution in [0.4, 0.5) is 0 Å². The van der Waals surface area contributed by atoms with Crippen molar-refractivity contribution in [1.82, 2.24) is 10.6 Å². The number of amides is 2. The maximum atomic E-state index is 12.1. The Morgan fingerprint density at radius 3 is 2.31 bits per heavy atom. The molecule has 2 amide bonds. The number of carbonyl (C=O) groups is 2. The minimum Gasteiger partial charge on any atom is -0.457 e. The Labute approximate surface area is 188 Å². The lowest BCUT2D eigenvalue weighted by Crippen LogP contribution is -2.45. The summed E-state index contributed by atoms with van der Waals surface area (Å²) >= 11 is 0. The van der Waals surface area contributed by atoms with Crippen LogP contribution >= 0.6 is 0 Å². The van der Waals surface area contributed by atoms with Crippen LogP contribution in [0.15, 0.2) is 42.5 Å². The molecule has 2 aromatic carbocycles. The predicted molar refractivity (Wildman–Crippen MR) is 121 cm³/mol. The minimum atomic E-state index is -0.364. The lowest BCUT2D eigenvalue weighted by Gasteiger charge is -2.39. The Morgan fingerprint density at radius 2 is 1.75 bits per heavy atom. The Balaban J connectivity index is 1.87. The summed E-state index contributed by atoms with van der Waals surface area (Å²) in [7, 11) is 3.05. The van der Waals surface area contributed by atoms with Gasteiger partial charge in [-0.3, -0.25) is 9.59 Å². The van der Waals surface area contributed by atoms with E-state index in [9.17, 15) is 14.7 Å². The van der Waals surface area contributed by atoms with E-state index in [1.54, 1.807) is 18.2 Å². The van der Waals surface area contributed by atoms with Gasteiger partial charge in [-0.1, -0.05) is 25.5 Å². The van der Waals surface area contributed by atoms with Crippen LogP contribution in [0.3, 0.4) is 0 Å². The Morgan fingerprint density at radius 1 is 1.09 bits per heavy atom. The summed E-state index contributed by atoms with van der Waals surface area (Å²) in [6, 6.07) is 11.8. The molecule has 1 aliphatic rings. The van der Waals surface area contributed by atoms with Crippen LogP contribution in [0.1, 0.15) is 52.1 Å². The van der Waals surface area contributed by atoms with E-state index in [1.165, 1.54) is 20.2 Å². The number of hydrogen-bond donors (Lipinski definition) is 4. The van der Waals surface area contributed by atoms with Gasteiger partial charge in [-0.05, 0) is 48.2 Å². The number of ether oxygens (including phenoxy) is 2. The quantitative estimate of drug-likeness (QED) is 0.523. The zero-order valence-electron chi connectivity index (χ0n) is 18.6. The molecule has 4 atom stereocenters. The molecule has 3 rings (SSSR count). The number of benzene rings is 2. The largest absolute Gasteiger partial charge is 0.457 e. The second-order valence-corrected chi connectivity index (χ2v) is 7.92. The van der Waals surface area contributed by atoms with Gasteiger partial charge < -0.3 is 30.9 Å². The van der Waals surface area contributed by atoms with Gasteiger partial charge in [0.2, 0.25) is 0 Å². The molecule has 2 aromatic rings. The maximum absolute atomic E-state index is 12.1. The molecule has 5 N–H and O–H groups in total. The van der Waals surface area contributed by atoms with E-state index in [1.807, 2.05) is 18.2 Å². The smallest absolute Gasteiger partial charge is 0.251 e. The van der Waals surface area contributed by atoms with Crippen LogP contribution in [0.2, 0.25) is 0 Å². The summed E-state index contributed by atoms with van der Waals surface area (Å²) in [5.74, 6) is 0.456. The molecule has 32 heavy (non-hydrogen) atoms. The highest BCUT2D eigenvalue weighted by Crippen LogP contribution is 2.36. The zero-order chi connectivity index (χ0) is 23.3. The van der Waals surface area contributed by atoms with E-state index in [0.717, 1.165) is 18.4 Å². The molecule has 0 aliphatic carbocycles. The van der Waals surface area contributed by atoms with Crippen LogP contribution in [-0.4, -0.2) is 49.8 Å². The van der Waals surface area contributed by atoms with Crippen molar-refractivity contribution >= 4 is 11.8 Å². The first-order valence-electron chi connectivity index (χ1n) is 10.8. The van der Waals surface area contributed by atoms with Gasteiger partial charge in [-0.2, -0.15) is 0 Å². The number of nitrogens with two attached hydrogens (primary N) is 1. The van der Waals surface area contributed by atoms with E-state index >= 15 is 0 Å². The Hall–Kier alpha value is -2.94.